The van der Waals surface area contributed by atoms with Crippen molar-refractivity contribution in [3.63, 3.8) is 0 Å². The van der Waals surface area contributed by atoms with Crippen molar-refractivity contribution in [2.45, 2.75) is 20.4 Å². The fraction of sp³-hybridized carbons (Fsp3) is 0.333. The summed E-state index contributed by atoms with van der Waals surface area (Å²) >= 11 is 1.67. The van der Waals surface area contributed by atoms with E-state index in [0.717, 1.165) is 28.9 Å². The number of hydrogen-bond acceptors (Lipinski definition) is 4. The van der Waals surface area contributed by atoms with Gasteiger partial charge in [0.1, 0.15) is 0 Å². The molecule has 1 N–H and O–H groups in total. The first kappa shape index (κ1) is 11.9. The summed E-state index contributed by atoms with van der Waals surface area (Å²) in [7, 11) is 0. The number of nitrogens with one attached hydrogen (secondary N) is 1. The van der Waals surface area contributed by atoms with Crippen molar-refractivity contribution in [3.05, 3.63) is 40.6 Å². The zero-order valence-corrected chi connectivity index (χ0v) is 10.9. The Morgan fingerprint density at radius 3 is 2.94 bits per heavy atom. The first-order valence-corrected chi connectivity index (χ1v) is 6.36. The Hall–Kier alpha value is -1.62. The van der Waals surface area contributed by atoms with Gasteiger partial charge >= 0.3 is 0 Å². The van der Waals surface area contributed by atoms with Crippen molar-refractivity contribution in [1.29, 1.82) is 0 Å². The van der Waals surface area contributed by atoms with Gasteiger partial charge in [0.2, 0.25) is 5.95 Å². The van der Waals surface area contributed by atoms with Crippen LogP contribution in [0.25, 0.3) is 0 Å². The maximum Gasteiger partial charge on any atom is 0.203 e. The van der Waals surface area contributed by atoms with Gasteiger partial charge in [-0.05, 0) is 13.8 Å². The second-order valence-corrected chi connectivity index (χ2v) is 4.92. The van der Waals surface area contributed by atoms with Crippen LogP contribution in [0.15, 0.2) is 24.2 Å². The Balaban J connectivity index is 2.16. The molecule has 2 rings (SSSR count). The molecule has 2 aromatic heterocycles. The first-order chi connectivity index (χ1) is 8.19. The van der Waals surface area contributed by atoms with Gasteiger partial charge in [0, 0.05) is 18.1 Å². The van der Waals surface area contributed by atoms with Crippen LogP contribution in [0, 0.1) is 13.8 Å². The maximum absolute atomic E-state index is 4.46. The molecule has 90 valence electrons. The highest BCUT2D eigenvalue weighted by atomic mass is 32.1. The zero-order chi connectivity index (χ0) is 12.3. The standard InChI is InChI=1S/C12H16N4S/c1-4-5-13-12-14-9(2)6-16(12)7-11-8-17-10(3)15-11/h4,6,8H,1,5,7H2,2-3H3,(H,13,14). The monoisotopic (exact) mass is 248 g/mol. The topological polar surface area (TPSA) is 42.7 Å². The van der Waals surface area contributed by atoms with Gasteiger partial charge in [0.15, 0.2) is 0 Å². The summed E-state index contributed by atoms with van der Waals surface area (Å²) in [6.07, 6.45) is 3.85. The number of hydrogen-bond donors (Lipinski definition) is 1. The molecule has 17 heavy (non-hydrogen) atoms. The maximum atomic E-state index is 4.46. The summed E-state index contributed by atoms with van der Waals surface area (Å²) in [5, 5.41) is 6.40. The highest BCUT2D eigenvalue weighted by Gasteiger charge is 2.06. The van der Waals surface area contributed by atoms with Crippen molar-refractivity contribution in [2.75, 3.05) is 11.9 Å². The molecule has 5 heteroatoms. The van der Waals surface area contributed by atoms with Gasteiger partial charge in [-0.25, -0.2) is 9.97 Å². The number of anilines is 1. The molecule has 2 heterocycles. The van der Waals surface area contributed by atoms with Crippen LogP contribution >= 0.6 is 11.3 Å². The number of rotatable bonds is 5. The van der Waals surface area contributed by atoms with E-state index in [0.29, 0.717) is 6.54 Å². The molecule has 0 spiro atoms. The summed E-state index contributed by atoms with van der Waals surface area (Å²) in [4.78, 5) is 8.89. The van der Waals surface area contributed by atoms with Crippen molar-refractivity contribution in [3.8, 4) is 0 Å². The van der Waals surface area contributed by atoms with E-state index in [9.17, 15) is 0 Å². The molecule has 0 radical (unpaired) electrons. The molecular formula is C12H16N4S. The van der Waals surface area contributed by atoms with E-state index in [1.54, 1.807) is 11.3 Å². The molecule has 4 nitrogen and oxygen atoms in total. The highest BCUT2D eigenvalue weighted by molar-refractivity contribution is 7.09. The van der Waals surface area contributed by atoms with Gasteiger partial charge in [-0.15, -0.1) is 17.9 Å². The van der Waals surface area contributed by atoms with Crippen LogP contribution in [0.3, 0.4) is 0 Å². The molecule has 0 bridgehead atoms. The molecule has 0 saturated carbocycles. The first-order valence-electron chi connectivity index (χ1n) is 5.48. The smallest absolute Gasteiger partial charge is 0.203 e. The third kappa shape index (κ3) is 2.94. The minimum Gasteiger partial charge on any atom is -0.352 e. The zero-order valence-electron chi connectivity index (χ0n) is 10.1. The fourth-order valence-electron chi connectivity index (χ4n) is 1.63. The fourth-order valence-corrected chi connectivity index (χ4v) is 2.23. The van der Waals surface area contributed by atoms with Crippen LogP contribution in [-0.2, 0) is 6.54 Å². The minimum atomic E-state index is 0.715. The average molecular weight is 248 g/mol. The Labute approximate surface area is 105 Å². The molecular weight excluding hydrogens is 232 g/mol. The number of imidazole rings is 1. The highest BCUT2D eigenvalue weighted by Crippen LogP contribution is 2.14. The Bertz CT molecular complexity index is 512. The van der Waals surface area contributed by atoms with Gasteiger partial charge in [0.25, 0.3) is 0 Å². The Morgan fingerprint density at radius 2 is 2.29 bits per heavy atom. The molecule has 0 saturated heterocycles. The molecule has 0 atom stereocenters. The van der Waals surface area contributed by atoms with Crippen molar-refractivity contribution in [1.82, 2.24) is 14.5 Å². The quantitative estimate of drug-likeness (QED) is 0.827. The van der Waals surface area contributed by atoms with Gasteiger partial charge in [-0.3, -0.25) is 0 Å². The molecule has 0 amide bonds. The minimum absolute atomic E-state index is 0.715. The molecule has 0 fully saturated rings. The second-order valence-electron chi connectivity index (χ2n) is 3.86. The molecule has 0 aliphatic heterocycles. The number of thiazole rings is 1. The summed E-state index contributed by atoms with van der Waals surface area (Å²) in [5.41, 5.74) is 2.08. The van der Waals surface area contributed by atoms with E-state index in [4.69, 9.17) is 0 Å². The van der Waals surface area contributed by atoms with Crippen molar-refractivity contribution < 1.29 is 0 Å². The number of aryl methyl sites for hydroxylation is 2. The van der Waals surface area contributed by atoms with E-state index in [2.05, 4.69) is 31.8 Å². The third-order valence-corrected chi connectivity index (χ3v) is 3.12. The van der Waals surface area contributed by atoms with E-state index >= 15 is 0 Å². The summed E-state index contributed by atoms with van der Waals surface area (Å²) in [6.45, 7) is 9.16. The molecule has 2 aromatic rings. The number of aromatic nitrogens is 3. The molecule has 0 aliphatic rings. The van der Waals surface area contributed by atoms with Gasteiger partial charge in [-0.2, -0.15) is 0 Å². The van der Waals surface area contributed by atoms with Crippen molar-refractivity contribution >= 4 is 17.3 Å². The van der Waals surface area contributed by atoms with Gasteiger partial charge in [-0.1, -0.05) is 6.08 Å². The number of nitrogens with zero attached hydrogens (tertiary/aromatic N) is 3. The van der Waals surface area contributed by atoms with E-state index in [1.165, 1.54) is 0 Å². The van der Waals surface area contributed by atoms with Crippen molar-refractivity contribution in [2.24, 2.45) is 0 Å². The molecule has 0 aromatic carbocycles. The molecule has 0 aliphatic carbocycles. The van der Waals surface area contributed by atoms with Gasteiger partial charge < -0.3 is 9.88 Å². The molecule has 0 unspecified atom stereocenters. The lowest BCUT2D eigenvalue weighted by Crippen LogP contribution is -2.08. The van der Waals surface area contributed by atoms with Crippen LogP contribution in [-0.4, -0.2) is 21.1 Å². The normalized spacial score (nSPS) is 10.5. The second kappa shape index (κ2) is 5.14. The van der Waals surface area contributed by atoms with Crippen LogP contribution in [0.5, 0.6) is 0 Å². The lowest BCUT2D eigenvalue weighted by Gasteiger charge is -2.06. The van der Waals surface area contributed by atoms with E-state index < -0.39 is 0 Å². The lowest BCUT2D eigenvalue weighted by atomic mass is 10.4. The van der Waals surface area contributed by atoms with E-state index in [1.807, 2.05) is 26.1 Å². The Morgan fingerprint density at radius 1 is 1.47 bits per heavy atom. The Kier molecular flexibility index (Phi) is 3.58. The average Bonchev–Trinajstić information content (AvgIpc) is 2.83. The van der Waals surface area contributed by atoms with Crippen LogP contribution < -0.4 is 5.32 Å². The lowest BCUT2D eigenvalue weighted by molar-refractivity contribution is 0.781. The van der Waals surface area contributed by atoms with Gasteiger partial charge in [0.05, 0.1) is 22.9 Å². The summed E-state index contributed by atoms with van der Waals surface area (Å²) < 4.78 is 2.08. The summed E-state index contributed by atoms with van der Waals surface area (Å²) in [5.74, 6) is 0.869. The van der Waals surface area contributed by atoms with E-state index in [-0.39, 0.29) is 0 Å². The largest absolute Gasteiger partial charge is 0.352 e. The SMILES string of the molecule is C=CCNc1nc(C)cn1Cc1csc(C)n1. The predicted molar refractivity (Wildman–Crippen MR) is 71.6 cm³/mol. The summed E-state index contributed by atoms with van der Waals surface area (Å²) in [6, 6.07) is 0. The van der Waals surface area contributed by atoms with Crippen LogP contribution in [0.4, 0.5) is 5.95 Å². The van der Waals surface area contributed by atoms with Crippen LogP contribution in [0.2, 0.25) is 0 Å². The third-order valence-electron chi connectivity index (χ3n) is 2.30. The van der Waals surface area contributed by atoms with Crippen LogP contribution in [0.1, 0.15) is 16.4 Å². The predicted octanol–water partition coefficient (Wildman–Crippen LogP) is 2.60.